The molecule has 0 radical (unpaired) electrons. The molecule has 0 fully saturated rings. The standard InChI is InChI=1S/C16H16FNO3/c1-3-20-16(19)13-8-11(6-7-15(13)18)21-12-5-4-10(2)14(17)9-12/h4-9H,3,18H2,1-2H3. The number of carbonyl (C=O) groups is 1. The van der Waals surface area contributed by atoms with Crippen LogP contribution in [0.15, 0.2) is 36.4 Å². The van der Waals surface area contributed by atoms with Gasteiger partial charge in [-0.25, -0.2) is 9.18 Å². The van der Waals surface area contributed by atoms with Gasteiger partial charge >= 0.3 is 5.97 Å². The molecular formula is C16H16FNO3. The molecule has 0 aliphatic heterocycles. The number of rotatable bonds is 4. The smallest absolute Gasteiger partial charge is 0.340 e. The zero-order chi connectivity index (χ0) is 15.4. The molecule has 0 aliphatic carbocycles. The number of esters is 1. The van der Waals surface area contributed by atoms with Crippen molar-refractivity contribution in [2.45, 2.75) is 13.8 Å². The molecule has 0 bridgehead atoms. The minimum atomic E-state index is -0.518. The summed E-state index contributed by atoms with van der Waals surface area (Å²) in [5.41, 5.74) is 6.80. The van der Waals surface area contributed by atoms with E-state index in [1.807, 2.05) is 0 Å². The van der Waals surface area contributed by atoms with E-state index < -0.39 is 5.97 Å². The van der Waals surface area contributed by atoms with Crippen molar-refractivity contribution in [1.29, 1.82) is 0 Å². The number of carbonyl (C=O) groups excluding carboxylic acids is 1. The number of benzene rings is 2. The minimum Gasteiger partial charge on any atom is -0.462 e. The summed E-state index contributed by atoms with van der Waals surface area (Å²) in [6, 6.07) is 9.19. The van der Waals surface area contributed by atoms with Gasteiger partial charge in [-0.05, 0) is 43.7 Å². The van der Waals surface area contributed by atoms with Crippen LogP contribution in [0.2, 0.25) is 0 Å². The molecule has 4 nitrogen and oxygen atoms in total. The second-order valence-corrected chi connectivity index (χ2v) is 4.48. The number of aryl methyl sites for hydroxylation is 1. The van der Waals surface area contributed by atoms with E-state index in [1.165, 1.54) is 12.1 Å². The van der Waals surface area contributed by atoms with E-state index >= 15 is 0 Å². The van der Waals surface area contributed by atoms with E-state index in [2.05, 4.69) is 0 Å². The topological polar surface area (TPSA) is 61.5 Å². The first kappa shape index (κ1) is 14.8. The fourth-order valence-corrected chi connectivity index (χ4v) is 1.76. The molecule has 5 heteroatoms. The number of nitrogen functional groups attached to an aromatic ring is 1. The highest BCUT2D eigenvalue weighted by atomic mass is 19.1. The lowest BCUT2D eigenvalue weighted by Gasteiger charge is -2.10. The predicted molar refractivity (Wildman–Crippen MR) is 78.0 cm³/mol. The second kappa shape index (κ2) is 6.26. The highest BCUT2D eigenvalue weighted by molar-refractivity contribution is 5.95. The maximum Gasteiger partial charge on any atom is 0.340 e. The highest BCUT2D eigenvalue weighted by Gasteiger charge is 2.12. The zero-order valence-corrected chi connectivity index (χ0v) is 11.9. The average Bonchev–Trinajstić information content (AvgIpc) is 2.45. The van der Waals surface area contributed by atoms with Crippen LogP contribution in [0.25, 0.3) is 0 Å². The van der Waals surface area contributed by atoms with Crippen LogP contribution >= 0.6 is 0 Å². The Balaban J connectivity index is 2.26. The molecule has 0 aromatic heterocycles. The van der Waals surface area contributed by atoms with Gasteiger partial charge in [0, 0.05) is 11.8 Å². The fourth-order valence-electron chi connectivity index (χ4n) is 1.76. The molecule has 0 heterocycles. The zero-order valence-electron chi connectivity index (χ0n) is 11.9. The molecule has 2 aromatic rings. The summed E-state index contributed by atoms with van der Waals surface area (Å²) < 4.78 is 23.9. The van der Waals surface area contributed by atoms with Crippen LogP contribution < -0.4 is 10.5 Å². The maximum absolute atomic E-state index is 13.5. The van der Waals surface area contributed by atoms with E-state index in [0.717, 1.165) is 0 Å². The molecule has 0 saturated heterocycles. The number of nitrogens with two attached hydrogens (primary N) is 1. The van der Waals surface area contributed by atoms with Crippen LogP contribution in [0.3, 0.4) is 0 Å². The monoisotopic (exact) mass is 289 g/mol. The summed E-state index contributed by atoms with van der Waals surface area (Å²) in [4.78, 5) is 11.8. The van der Waals surface area contributed by atoms with Gasteiger partial charge in [0.1, 0.15) is 17.3 Å². The van der Waals surface area contributed by atoms with E-state index in [1.54, 1.807) is 38.1 Å². The van der Waals surface area contributed by atoms with Gasteiger partial charge in [0.05, 0.1) is 12.2 Å². The Morgan fingerprint density at radius 1 is 1.19 bits per heavy atom. The SMILES string of the molecule is CCOC(=O)c1cc(Oc2ccc(C)c(F)c2)ccc1N. The van der Waals surface area contributed by atoms with Crippen molar-refractivity contribution in [1.82, 2.24) is 0 Å². The molecule has 21 heavy (non-hydrogen) atoms. The largest absolute Gasteiger partial charge is 0.462 e. The molecule has 0 amide bonds. The van der Waals surface area contributed by atoms with Crippen molar-refractivity contribution in [2.75, 3.05) is 12.3 Å². The molecule has 110 valence electrons. The Kier molecular flexibility index (Phi) is 4.42. The van der Waals surface area contributed by atoms with Gasteiger partial charge in [0.2, 0.25) is 0 Å². The minimum absolute atomic E-state index is 0.224. The second-order valence-electron chi connectivity index (χ2n) is 4.48. The van der Waals surface area contributed by atoms with Crippen molar-refractivity contribution in [3.63, 3.8) is 0 Å². The lowest BCUT2D eigenvalue weighted by atomic mass is 10.1. The van der Waals surface area contributed by atoms with Crippen LogP contribution in [0.4, 0.5) is 10.1 Å². The first-order valence-electron chi connectivity index (χ1n) is 6.52. The first-order valence-corrected chi connectivity index (χ1v) is 6.52. The Morgan fingerprint density at radius 2 is 1.86 bits per heavy atom. The Hall–Kier alpha value is -2.56. The summed E-state index contributed by atoms with van der Waals surface area (Å²) >= 11 is 0. The molecule has 0 atom stereocenters. The average molecular weight is 289 g/mol. The number of hydrogen-bond acceptors (Lipinski definition) is 4. The summed E-state index contributed by atoms with van der Waals surface area (Å²) in [6.07, 6.45) is 0. The molecule has 2 rings (SSSR count). The van der Waals surface area contributed by atoms with Crippen LogP contribution in [0, 0.1) is 12.7 Å². The van der Waals surface area contributed by atoms with E-state index in [-0.39, 0.29) is 18.0 Å². The molecule has 0 saturated carbocycles. The van der Waals surface area contributed by atoms with E-state index in [4.69, 9.17) is 15.2 Å². The van der Waals surface area contributed by atoms with Crippen LogP contribution in [0.5, 0.6) is 11.5 Å². The number of ether oxygens (including phenoxy) is 2. The fraction of sp³-hybridized carbons (Fsp3) is 0.188. The Morgan fingerprint density at radius 3 is 2.52 bits per heavy atom. The van der Waals surface area contributed by atoms with Crippen LogP contribution in [0.1, 0.15) is 22.8 Å². The molecule has 2 aromatic carbocycles. The van der Waals surface area contributed by atoms with Crippen molar-refractivity contribution in [3.8, 4) is 11.5 Å². The van der Waals surface area contributed by atoms with Gasteiger partial charge in [-0.15, -0.1) is 0 Å². The maximum atomic E-state index is 13.5. The Labute approximate surface area is 122 Å². The number of halogens is 1. The van der Waals surface area contributed by atoms with Crippen molar-refractivity contribution in [2.24, 2.45) is 0 Å². The highest BCUT2D eigenvalue weighted by Crippen LogP contribution is 2.26. The van der Waals surface area contributed by atoms with Crippen molar-refractivity contribution >= 4 is 11.7 Å². The van der Waals surface area contributed by atoms with Gasteiger partial charge in [0.25, 0.3) is 0 Å². The molecule has 0 unspecified atom stereocenters. The van der Waals surface area contributed by atoms with E-state index in [9.17, 15) is 9.18 Å². The predicted octanol–water partition coefficient (Wildman–Crippen LogP) is 3.69. The lowest BCUT2D eigenvalue weighted by molar-refractivity contribution is 0.0527. The lowest BCUT2D eigenvalue weighted by Crippen LogP contribution is -2.08. The first-order chi connectivity index (χ1) is 10.0. The summed E-state index contributed by atoms with van der Waals surface area (Å²) in [5.74, 6) is -0.141. The number of hydrogen-bond donors (Lipinski definition) is 1. The summed E-state index contributed by atoms with van der Waals surface area (Å²) in [7, 11) is 0. The summed E-state index contributed by atoms with van der Waals surface area (Å²) in [6.45, 7) is 3.64. The van der Waals surface area contributed by atoms with Gasteiger partial charge < -0.3 is 15.2 Å². The van der Waals surface area contributed by atoms with Crippen LogP contribution in [-0.2, 0) is 4.74 Å². The van der Waals surface area contributed by atoms with Crippen LogP contribution in [-0.4, -0.2) is 12.6 Å². The molecule has 0 aliphatic rings. The van der Waals surface area contributed by atoms with Gasteiger partial charge in [-0.2, -0.15) is 0 Å². The molecular weight excluding hydrogens is 273 g/mol. The van der Waals surface area contributed by atoms with Crippen molar-refractivity contribution in [3.05, 3.63) is 53.3 Å². The van der Waals surface area contributed by atoms with Gasteiger partial charge in [-0.3, -0.25) is 0 Å². The van der Waals surface area contributed by atoms with E-state index in [0.29, 0.717) is 22.7 Å². The molecule has 2 N–H and O–H groups in total. The van der Waals surface area contributed by atoms with Gasteiger partial charge in [-0.1, -0.05) is 6.07 Å². The quantitative estimate of drug-likeness (QED) is 0.689. The normalized spacial score (nSPS) is 10.2. The summed E-state index contributed by atoms with van der Waals surface area (Å²) in [5, 5.41) is 0. The van der Waals surface area contributed by atoms with Gasteiger partial charge in [0.15, 0.2) is 0 Å². The molecule has 0 spiro atoms. The third-order valence-electron chi connectivity index (χ3n) is 2.90. The Bertz CT molecular complexity index is 671. The third kappa shape index (κ3) is 3.51. The third-order valence-corrected chi connectivity index (χ3v) is 2.90. The van der Waals surface area contributed by atoms with Crippen molar-refractivity contribution < 1.29 is 18.7 Å². The number of anilines is 1.